The molecule has 0 saturated carbocycles. The number of amides is 3. The Morgan fingerprint density at radius 2 is 1.80 bits per heavy atom. The van der Waals surface area contributed by atoms with Gasteiger partial charge in [-0.1, -0.05) is 24.8 Å². The van der Waals surface area contributed by atoms with Crippen molar-refractivity contribution in [3.63, 3.8) is 0 Å². The Kier molecular flexibility index (Phi) is 9.85. The van der Waals surface area contributed by atoms with Gasteiger partial charge in [0.2, 0.25) is 5.91 Å². The Labute approximate surface area is 261 Å². The summed E-state index contributed by atoms with van der Waals surface area (Å²) in [6.45, 7) is 7.48. The number of carbonyl (C=O) groups excluding carboxylic acids is 2. The summed E-state index contributed by atoms with van der Waals surface area (Å²) in [5.74, 6) is 0.589. The van der Waals surface area contributed by atoms with Gasteiger partial charge in [0.15, 0.2) is 0 Å². The van der Waals surface area contributed by atoms with Crippen molar-refractivity contribution in [3.05, 3.63) is 103 Å². The second-order valence-electron chi connectivity index (χ2n) is 10.4. The summed E-state index contributed by atoms with van der Waals surface area (Å²) in [6.07, 6.45) is 2.51. The van der Waals surface area contributed by atoms with Crippen LogP contribution in [0.3, 0.4) is 0 Å². The van der Waals surface area contributed by atoms with Crippen molar-refractivity contribution < 1.29 is 18.7 Å². The van der Waals surface area contributed by atoms with Crippen LogP contribution in [0, 0.1) is 5.82 Å². The molecule has 5 rings (SSSR count). The lowest BCUT2D eigenvalue weighted by Crippen LogP contribution is -2.44. The third kappa shape index (κ3) is 7.92. The molecule has 3 amide bonds. The average molecular weight is 611 g/mol. The number of halogens is 1. The van der Waals surface area contributed by atoms with Crippen molar-refractivity contribution in [2.24, 2.45) is 0 Å². The van der Waals surface area contributed by atoms with Crippen molar-refractivity contribution in [2.75, 3.05) is 60.8 Å². The van der Waals surface area contributed by atoms with E-state index in [9.17, 15) is 14.0 Å². The predicted octanol–water partition coefficient (Wildman–Crippen LogP) is 5.29. The van der Waals surface area contributed by atoms with Gasteiger partial charge in [0.05, 0.1) is 18.5 Å². The highest BCUT2D eigenvalue weighted by Gasteiger charge is 2.22. The van der Waals surface area contributed by atoms with Crippen LogP contribution in [0.2, 0.25) is 0 Å². The SMILES string of the molecule is C=CC(=O)Nc1cccc(N(C(=O)NCc2ccc(F)cc2)c2cc(Nc3ccc(N4CCN(C)CC4)cc3OC)ncn2)c1. The van der Waals surface area contributed by atoms with E-state index in [0.717, 1.165) is 37.9 Å². The molecule has 0 atom stereocenters. The predicted molar refractivity (Wildman–Crippen MR) is 174 cm³/mol. The fraction of sp³-hybridized carbons (Fsp3) is 0.212. The minimum atomic E-state index is -0.495. The van der Waals surface area contributed by atoms with Gasteiger partial charge in [-0.2, -0.15) is 0 Å². The molecule has 0 aliphatic carbocycles. The summed E-state index contributed by atoms with van der Waals surface area (Å²) in [5, 5.41) is 8.87. The molecule has 232 valence electrons. The molecule has 0 radical (unpaired) electrons. The van der Waals surface area contributed by atoms with E-state index in [4.69, 9.17) is 4.74 Å². The number of likely N-dealkylation sites (N-methyl/N-ethyl adjacent to an activating group) is 1. The van der Waals surface area contributed by atoms with Gasteiger partial charge in [-0.25, -0.2) is 24.1 Å². The van der Waals surface area contributed by atoms with E-state index in [0.29, 0.717) is 34.2 Å². The molecule has 4 aromatic rings. The third-order valence-corrected chi connectivity index (χ3v) is 7.32. The Balaban J connectivity index is 1.42. The van der Waals surface area contributed by atoms with Gasteiger partial charge in [0.25, 0.3) is 0 Å². The summed E-state index contributed by atoms with van der Waals surface area (Å²) in [5.41, 5.74) is 3.38. The molecule has 2 heterocycles. The van der Waals surface area contributed by atoms with Crippen LogP contribution in [-0.4, -0.2) is 67.1 Å². The number of ether oxygens (including phenoxy) is 1. The Hall–Kier alpha value is -5.49. The number of urea groups is 1. The molecule has 45 heavy (non-hydrogen) atoms. The number of carbonyl (C=O) groups is 2. The summed E-state index contributed by atoms with van der Waals surface area (Å²) < 4.78 is 19.1. The molecular formula is C33H35FN8O3. The van der Waals surface area contributed by atoms with Gasteiger partial charge in [0, 0.05) is 56.2 Å². The molecule has 0 spiro atoms. The van der Waals surface area contributed by atoms with Crippen LogP contribution in [0.5, 0.6) is 5.75 Å². The third-order valence-electron chi connectivity index (χ3n) is 7.32. The van der Waals surface area contributed by atoms with Crippen molar-refractivity contribution in [2.45, 2.75) is 6.54 Å². The maximum absolute atomic E-state index is 13.7. The maximum atomic E-state index is 13.7. The van der Waals surface area contributed by atoms with Crippen LogP contribution < -0.4 is 30.5 Å². The Morgan fingerprint density at radius 3 is 2.53 bits per heavy atom. The Morgan fingerprint density at radius 1 is 1.02 bits per heavy atom. The summed E-state index contributed by atoms with van der Waals surface area (Å²) in [4.78, 5) is 40.4. The van der Waals surface area contributed by atoms with E-state index in [1.54, 1.807) is 49.6 Å². The van der Waals surface area contributed by atoms with Crippen LogP contribution in [0.1, 0.15) is 5.56 Å². The zero-order valence-electron chi connectivity index (χ0n) is 25.2. The zero-order valence-corrected chi connectivity index (χ0v) is 25.2. The van der Waals surface area contributed by atoms with Crippen LogP contribution in [-0.2, 0) is 11.3 Å². The number of nitrogens with one attached hydrogen (secondary N) is 3. The smallest absolute Gasteiger partial charge is 0.327 e. The number of hydrogen-bond donors (Lipinski definition) is 3. The normalized spacial score (nSPS) is 13.1. The summed E-state index contributed by atoms with van der Waals surface area (Å²) >= 11 is 0. The standard InChI is InChI=1S/C33H35FN8O3/c1-4-32(43)38-25-6-5-7-27(18-25)42(33(44)35-21-23-8-10-24(34)11-9-23)31-20-30(36-22-37-31)39-28-13-12-26(19-29(28)45-3)41-16-14-40(2)15-17-41/h4-13,18-20,22H,1,14-17,21H2,2-3H3,(H,35,44)(H,38,43)(H,36,37,39). The second kappa shape index (κ2) is 14.3. The van der Waals surface area contributed by atoms with Gasteiger partial charge in [-0.05, 0) is 61.2 Å². The zero-order chi connectivity index (χ0) is 31.8. The highest BCUT2D eigenvalue weighted by molar-refractivity contribution is 6.01. The van der Waals surface area contributed by atoms with Crippen molar-refractivity contribution >= 4 is 46.3 Å². The number of piperazine rings is 1. The summed E-state index contributed by atoms with van der Waals surface area (Å²) in [6, 6.07) is 19.7. The van der Waals surface area contributed by atoms with Crippen LogP contribution in [0.15, 0.2) is 91.8 Å². The minimum Gasteiger partial charge on any atom is -0.494 e. The monoisotopic (exact) mass is 610 g/mol. The molecule has 11 nitrogen and oxygen atoms in total. The maximum Gasteiger partial charge on any atom is 0.327 e. The Bertz CT molecular complexity index is 1660. The van der Waals surface area contributed by atoms with E-state index < -0.39 is 6.03 Å². The van der Waals surface area contributed by atoms with Gasteiger partial charge < -0.3 is 30.5 Å². The van der Waals surface area contributed by atoms with Gasteiger partial charge in [-0.3, -0.25) is 4.79 Å². The van der Waals surface area contributed by atoms with Crippen molar-refractivity contribution in [1.29, 1.82) is 0 Å². The topological polar surface area (TPSA) is 115 Å². The molecule has 3 N–H and O–H groups in total. The first-order valence-electron chi connectivity index (χ1n) is 14.4. The molecule has 1 saturated heterocycles. The van der Waals surface area contributed by atoms with E-state index in [1.165, 1.54) is 23.4 Å². The van der Waals surface area contributed by atoms with Crippen molar-refractivity contribution in [3.8, 4) is 5.75 Å². The minimum absolute atomic E-state index is 0.148. The molecule has 1 aliphatic heterocycles. The van der Waals surface area contributed by atoms with Gasteiger partial charge >= 0.3 is 6.03 Å². The molecule has 0 bridgehead atoms. The second-order valence-corrected chi connectivity index (χ2v) is 10.4. The molecule has 1 fully saturated rings. The van der Waals surface area contributed by atoms with Crippen LogP contribution in [0.25, 0.3) is 0 Å². The fourth-order valence-electron chi connectivity index (χ4n) is 4.85. The average Bonchev–Trinajstić information content (AvgIpc) is 3.05. The summed E-state index contributed by atoms with van der Waals surface area (Å²) in [7, 11) is 3.74. The lowest BCUT2D eigenvalue weighted by Gasteiger charge is -2.34. The molecule has 1 aliphatic rings. The molecule has 3 aromatic carbocycles. The number of rotatable bonds is 10. The van der Waals surface area contributed by atoms with E-state index in [-0.39, 0.29) is 24.1 Å². The lowest BCUT2D eigenvalue weighted by atomic mass is 10.2. The van der Waals surface area contributed by atoms with Crippen molar-refractivity contribution in [1.82, 2.24) is 20.2 Å². The molecule has 12 heteroatoms. The van der Waals surface area contributed by atoms with Crippen LogP contribution >= 0.6 is 0 Å². The molecule has 1 aromatic heterocycles. The van der Waals surface area contributed by atoms with Gasteiger partial charge in [0.1, 0.15) is 29.5 Å². The molecular weight excluding hydrogens is 575 g/mol. The van der Waals surface area contributed by atoms with E-state index >= 15 is 0 Å². The van der Waals surface area contributed by atoms with E-state index in [1.807, 2.05) is 18.2 Å². The number of benzene rings is 3. The first kappa shape index (κ1) is 31.0. The number of methoxy groups -OCH3 is 1. The quantitative estimate of drug-likeness (QED) is 0.208. The fourth-order valence-corrected chi connectivity index (χ4v) is 4.85. The number of aromatic nitrogens is 2. The van der Waals surface area contributed by atoms with Gasteiger partial charge in [-0.15, -0.1) is 0 Å². The number of anilines is 6. The van der Waals surface area contributed by atoms with E-state index in [2.05, 4.69) is 49.3 Å². The lowest BCUT2D eigenvalue weighted by molar-refractivity contribution is -0.111. The van der Waals surface area contributed by atoms with Crippen LogP contribution in [0.4, 0.5) is 43.6 Å². The molecule has 0 unspecified atom stereocenters. The first-order chi connectivity index (χ1) is 21.8. The number of hydrogen-bond acceptors (Lipinski definition) is 8. The highest BCUT2D eigenvalue weighted by atomic mass is 19.1. The highest BCUT2D eigenvalue weighted by Crippen LogP contribution is 2.33. The largest absolute Gasteiger partial charge is 0.494 e. The number of nitrogens with zero attached hydrogens (tertiary/aromatic N) is 5. The first-order valence-corrected chi connectivity index (χ1v) is 14.4.